The summed E-state index contributed by atoms with van der Waals surface area (Å²) in [6.45, 7) is 1.05. The highest BCUT2D eigenvalue weighted by molar-refractivity contribution is 4.88. The second-order valence-corrected chi connectivity index (χ2v) is 3.54. The SMILES string of the molecule is CC(N)OC1O[C@H](CO)[C@@H](O)[C@H](O)[C@H]1O. The molecule has 15 heavy (non-hydrogen) atoms. The summed E-state index contributed by atoms with van der Waals surface area (Å²) < 4.78 is 10.0. The molecule has 0 bridgehead atoms. The number of nitrogens with two attached hydrogens (primary N) is 1. The molecule has 6 atom stereocenters. The molecule has 2 unspecified atom stereocenters. The van der Waals surface area contributed by atoms with Gasteiger partial charge in [0.15, 0.2) is 6.29 Å². The zero-order chi connectivity index (χ0) is 11.6. The lowest BCUT2D eigenvalue weighted by Gasteiger charge is -2.40. The zero-order valence-electron chi connectivity index (χ0n) is 8.35. The minimum absolute atomic E-state index is 0.482. The van der Waals surface area contributed by atoms with Crippen molar-refractivity contribution in [1.82, 2.24) is 0 Å². The largest absolute Gasteiger partial charge is 0.394 e. The maximum Gasteiger partial charge on any atom is 0.188 e. The molecular formula is C8H17NO6. The van der Waals surface area contributed by atoms with Crippen LogP contribution in [-0.2, 0) is 9.47 Å². The van der Waals surface area contributed by atoms with Gasteiger partial charge in [-0.15, -0.1) is 0 Å². The number of aliphatic hydroxyl groups excluding tert-OH is 4. The van der Waals surface area contributed by atoms with Gasteiger partial charge in [-0.25, -0.2) is 0 Å². The van der Waals surface area contributed by atoms with E-state index in [4.69, 9.17) is 20.3 Å². The molecular weight excluding hydrogens is 206 g/mol. The van der Waals surface area contributed by atoms with Crippen LogP contribution in [0.1, 0.15) is 6.92 Å². The number of aliphatic hydroxyl groups is 4. The molecule has 0 spiro atoms. The summed E-state index contributed by atoms with van der Waals surface area (Å²) in [7, 11) is 0. The maximum atomic E-state index is 9.47. The molecule has 0 aromatic rings. The van der Waals surface area contributed by atoms with Gasteiger partial charge in [0.1, 0.15) is 30.6 Å². The number of ether oxygens (including phenoxy) is 2. The van der Waals surface area contributed by atoms with Gasteiger partial charge in [0, 0.05) is 0 Å². The van der Waals surface area contributed by atoms with Gasteiger partial charge in [-0.05, 0) is 6.92 Å². The van der Waals surface area contributed by atoms with Gasteiger partial charge >= 0.3 is 0 Å². The Bertz CT molecular complexity index is 200. The third-order valence-corrected chi connectivity index (χ3v) is 2.20. The molecule has 0 radical (unpaired) electrons. The van der Waals surface area contributed by atoms with Crippen molar-refractivity contribution in [3.05, 3.63) is 0 Å². The Hall–Kier alpha value is -0.280. The van der Waals surface area contributed by atoms with Crippen LogP contribution in [0.25, 0.3) is 0 Å². The Kier molecular flexibility index (Phi) is 4.41. The van der Waals surface area contributed by atoms with Gasteiger partial charge in [0.05, 0.1) is 6.61 Å². The van der Waals surface area contributed by atoms with Crippen LogP contribution < -0.4 is 5.73 Å². The quantitative estimate of drug-likeness (QED) is 0.325. The molecule has 0 amide bonds. The van der Waals surface area contributed by atoms with Crippen molar-refractivity contribution in [2.75, 3.05) is 6.61 Å². The standard InChI is InChI=1S/C8H17NO6/c1-3(9)14-8-7(13)6(12)5(11)4(2-10)15-8/h3-8,10-13H,2,9H2,1H3/t3?,4-,5-,6+,7-,8?/m1/s1. The van der Waals surface area contributed by atoms with Crippen LogP contribution in [0, 0.1) is 0 Å². The molecule has 0 saturated carbocycles. The average molecular weight is 223 g/mol. The van der Waals surface area contributed by atoms with Gasteiger partial charge in [0.25, 0.3) is 0 Å². The van der Waals surface area contributed by atoms with Crippen LogP contribution in [0.15, 0.2) is 0 Å². The Morgan fingerprint density at radius 2 is 1.87 bits per heavy atom. The molecule has 0 aromatic heterocycles. The smallest absolute Gasteiger partial charge is 0.188 e. The fourth-order valence-corrected chi connectivity index (χ4v) is 1.39. The lowest BCUT2D eigenvalue weighted by atomic mass is 9.99. The van der Waals surface area contributed by atoms with Gasteiger partial charge in [-0.1, -0.05) is 0 Å². The van der Waals surface area contributed by atoms with Gasteiger partial charge in [0.2, 0.25) is 0 Å². The number of hydrogen-bond donors (Lipinski definition) is 5. The molecule has 0 aromatic carbocycles. The summed E-state index contributed by atoms with van der Waals surface area (Å²) >= 11 is 0. The van der Waals surface area contributed by atoms with Crippen molar-refractivity contribution in [2.24, 2.45) is 5.73 Å². The van der Waals surface area contributed by atoms with Gasteiger partial charge in [-0.2, -0.15) is 0 Å². The van der Waals surface area contributed by atoms with Crippen LogP contribution in [0.3, 0.4) is 0 Å². The van der Waals surface area contributed by atoms with Crippen LogP contribution in [-0.4, -0.2) is 64.0 Å². The lowest BCUT2D eigenvalue weighted by Crippen LogP contribution is -2.59. The highest BCUT2D eigenvalue weighted by Crippen LogP contribution is 2.22. The molecule has 1 aliphatic rings. The van der Waals surface area contributed by atoms with Crippen molar-refractivity contribution in [3.8, 4) is 0 Å². The third-order valence-electron chi connectivity index (χ3n) is 2.20. The lowest BCUT2D eigenvalue weighted by molar-refractivity contribution is -0.309. The molecule has 7 nitrogen and oxygen atoms in total. The van der Waals surface area contributed by atoms with Crippen molar-refractivity contribution in [3.63, 3.8) is 0 Å². The third kappa shape index (κ3) is 2.85. The van der Waals surface area contributed by atoms with E-state index in [0.29, 0.717) is 0 Å². The monoisotopic (exact) mass is 223 g/mol. The summed E-state index contributed by atoms with van der Waals surface area (Å²) in [6, 6.07) is 0. The van der Waals surface area contributed by atoms with Crippen molar-refractivity contribution >= 4 is 0 Å². The van der Waals surface area contributed by atoms with Crippen molar-refractivity contribution in [1.29, 1.82) is 0 Å². The van der Waals surface area contributed by atoms with E-state index in [1.54, 1.807) is 0 Å². The predicted molar refractivity (Wildman–Crippen MR) is 48.5 cm³/mol. The van der Waals surface area contributed by atoms with Crippen LogP contribution in [0.5, 0.6) is 0 Å². The van der Waals surface area contributed by atoms with Gasteiger partial charge in [-0.3, -0.25) is 0 Å². The van der Waals surface area contributed by atoms with E-state index >= 15 is 0 Å². The Morgan fingerprint density at radius 3 is 2.33 bits per heavy atom. The molecule has 0 aliphatic carbocycles. The van der Waals surface area contributed by atoms with Crippen molar-refractivity contribution < 1.29 is 29.9 Å². The van der Waals surface area contributed by atoms with E-state index in [2.05, 4.69) is 0 Å². The minimum atomic E-state index is -1.43. The minimum Gasteiger partial charge on any atom is -0.394 e. The van der Waals surface area contributed by atoms with E-state index < -0.39 is 43.5 Å². The number of rotatable bonds is 3. The first-order valence-corrected chi connectivity index (χ1v) is 4.69. The Morgan fingerprint density at radius 1 is 1.27 bits per heavy atom. The second kappa shape index (κ2) is 5.17. The Balaban J connectivity index is 2.65. The fraction of sp³-hybridized carbons (Fsp3) is 1.00. The van der Waals surface area contributed by atoms with Crippen LogP contribution >= 0.6 is 0 Å². The molecule has 90 valence electrons. The van der Waals surface area contributed by atoms with Crippen LogP contribution in [0.2, 0.25) is 0 Å². The zero-order valence-corrected chi connectivity index (χ0v) is 8.35. The maximum absolute atomic E-state index is 9.47. The summed E-state index contributed by atoms with van der Waals surface area (Å²) in [5.74, 6) is 0. The average Bonchev–Trinajstić information content (AvgIpc) is 2.18. The topological polar surface area (TPSA) is 125 Å². The summed E-state index contributed by atoms with van der Waals surface area (Å²) in [4.78, 5) is 0. The second-order valence-electron chi connectivity index (χ2n) is 3.54. The van der Waals surface area contributed by atoms with E-state index in [-0.39, 0.29) is 0 Å². The Labute approximate surface area is 87.0 Å². The first-order valence-electron chi connectivity index (χ1n) is 4.69. The van der Waals surface area contributed by atoms with E-state index in [1.807, 2.05) is 0 Å². The predicted octanol–water partition coefficient (Wildman–Crippen LogP) is -2.89. The molecule has 1 aliphatic heterocycles. The van der Waals surface area contributed by atoms with Crippen LogP contribution in [0.4, 0.5) is 0 Å². The highest BCUT2D eigenvalue weighted by atomic mass is 16.7. The molecule has 1 saturated heterocycles. The summed E-state index contributed by atoms with van der Waals surface area (Å²) in [5.41, 5.74) is 5.33. The molecule has 1 rings (SSSR count). The summed E-state index contributed by atoms with van der Waals surface area (Å²) in [6.07, 6.45) is -7.01. The first kappa shape index (κ1) is 12.8. The molecule has 1 heterocycles. The van der Waals surface area contributed by atoms with E-state index in [1.165, 1.54) is 6.92 Å². The highest BCUT2D eigenvalue weighted by Gasteiger charge is 2.44. The summed E-state index contributed by atoms with van der Waals surface area (Å²) in [5, 5.41) is 37.1. The molecule has 1 fully saturated rings. The molecule has 7 heteroatoms. The van der Waals surface area contributed by atoms with E-state index in [9.17, 15) is 15.3 Å². The van der Waals surface area contributed by atoms with Gasteiger partial charge < -0.3 is 35.6 Å². The normalized spacial score (nSPS) is 44.0. The first-order chi connectivity index (χ1) is 6.97. The molecule has 6 N–H and O–H groups in total. The fourth-order valence-electron chi connectivity index (χ4n) is 1.39. The van der Waals surface area contributed by atoms with E-state index in [0.717, 1.165) is 0 Å². The number of hydrogen-bond acceptors (Lipinski definition) is 7. The van der Waals surface area contributed by atoms with Crippen molar-refractivity contribution in [2.45, 2.75) is 43.9 Å².